The number of likely N-dealkylation sites (N-methyl/N-ethyl adjacent to an activating group) is 1. The number of carbonyl (C=O) groups is 2. The van der Waals surface area contributed by atoms with Crippen molar-refractivity contribution in [2.45, 2.75) is 13.3 Å². The van der Waals surface area contributed by atoms with Crippen molar-refractivity contribution in [1.29, 1.82) is 0 Å². The second-order valence-electron chi connectivity index (χ2n) is 7.19. The predicted octanol–water partition coefficient (Wildman–Crippen LogP) is 3.66. The van der Waals surface area contributed by atoms with E-state index in [2.05, 4.69) is 34.3 Å². The zero-order valence-electron chi connectivity index (χ0n) is 16.9. The molecular weight excluding hydrogens is 366 g/mol. The molecule has 0 radical (unpaired) electrons. The molecule has 0 bridgehead atoms. The van der Waals surface area contributed by atoms with Gasteiger partial charge in [-0.15, -0.1) is 0 Å². The Labute approximate surface area is 171 Å². The lowest BCUT2D eigenvalue weighted by atomic mass is 10.1. The van der Waals surface area contributed by atoms with Gasteiger partial charge < -0.3 is 20.2 Å². The molecule has 0 aromatic heterocycles. The van der Waals surface area contributed by atoms with Crippen molar-refractivity contribution in [2.75, 3.05) is 43.4 Å². The van der Waals surface area contributed by atoms with Crippen LogP contribution < -0.4 is 10.2 Å². The van der Waals surface area contributed by atoms with Crippen LogP contribution in [-0.2, 0) is 4.79 Å². The topological polar surface area (TPSA) is 72.9 Å². The lowest BCUT2D eigenvalue weighted by molar-refractivity contribution is -0.115. The highest BCUT2D eigenvalue weighted by molar-refractivity contribution is 6.01. The summed E-state index contributed by atoms with van der Waals surface area (Å²) in [5.74, 6) is -1.28. The quantitative estimate of drug-likeness (QED) is 0.733. The summed E-state index contributed by atoms with van der Waals surface area (Å²) in [7, 11) is 2.13. The van der Waals surface area contributed by atoms with Crippen molar-refractivity contribution < 1.29 is 14.7 Å². The van der Waals surface area contributed by atoms with Crippen LogP contribution in [0.4, 0.5) is 11.4 Å². The molecular formula is C23H27N3O3. The number of nitrogens with zero attached hydrogens (tertiary/aromatic N) is 2. The Hall–Kier alpha value is -3.12. The highest BCUT2D eigenvalue weighted by Crippen LogP contribution is 2.25. The maximum Gasteiger partial charge on any atom is 0.337 e. The number of nitrogens with one attached hydrogen (secondary N) is 1. The van der Waals surface area contributed by atoms with Gasteiger partial charge in [0, 0.05) is 38.3 Å². The smallest absolute Gasteiger partial charge is 0.337 e. The number of piperazine rings is 1. The first-order valence-electron chi connectivity index (χ1n) is 9.85. The van der Waals surface area contributed by atoms with Gasteiger partial charge >= 0.3 is 5.97 Å². The number of benzene rings is 2. The van der Waals surface area contributed by atoms with E-state index in [9.17, 15) is 14.7 Å². The van der Waals surface area contributed by atoms with Crippen molar-refractivity contribution in [2.24, 2.45) is 0 Å². The van der Waals surface area contributed by atoms with Crippen molar-refractivity contribution >= 4 is 35.4 Å². The second-order valence-corrected chi connectivity index (χ2v) is 7.19. The number of carboxylic acid groups (broad SMARTS) is 1. The lowest BCUT2D eigenvalue weighted by Crippen LogP contribution is -2.44. The van der Waals surface area contributed by atoms with Gasteiger partial charge in [-0.2, -0.15) is 0 Å². The summed E-state index contributed by atoms with van der Waals surface area (Å²) in [6.07, 6.45) is 4.22. The molecule has 0 spiro atoms. The zero-order chi connectivity index (χ0) is 20.8. The Balaban J connectivity index is 1.84. The molecule has 1 fully saturated rings. The molecule has 152 valence electrons. The molecule has 6 heteroatoms. The number of amides is 1. The van der Waals surface area contributed by atoms with Crippen LogP contribution >= 0.6 is 0 Å². The number of anilines is 2. The summed E-state index contributed by atoms with van der Waals surface area (Å²) in [6, 6.07) is 13.3. The minimum atomic E-state index is -1.07. The summed E-state index contributed by atoms with van der Waals surface area (Å²) in [4.78, 5) is 28.0. The van der Waals surface area contributed by atoms with Gasteiger partial charge in [0.15, 0.2) is 0 Å². The highest BCUT2D eigenvalue weighted by atomic mass is 16.4. The molecule has 2 N–H and O–H groups in total. The number of hydrogen-bond acceptors (Lipinski definition) is 4. The molecule has 6 nitrogen and oxygen atoms in total. The van der Waals surface area contributed by atoms with E-state index in [1.54, 1.807) is 19.1 Å². The van der Waals surface area contributed by atoms with Gasteiger partial charge in [0.05, 0.1) is 11.3 Å². The molecule has 0 unspecified atom stereocenters. The molecule has 29 heavy (non-hydrogen) atoms. The molecule has 0 aliphatic carbocycles. The van der Waals surface area contributed by atoms with E-state index in [-0.39, 0.29) is 11.5 Å². The summed E-state index contributed by atoms with van der Waals surface area (Å²) in [6.45, 7) is 5.76. The Bertz CT molecular complexity index is 915. The summed E-state index contributed by atoms with van der Waals surface area (Å²) >= 11 is 0. The van der Waals surface area contributed by atoms with Crippen LogP contribution in [0, 0.1) is 0 Å². The first-order chi connectivity index (χ1) is 14.0. The highest BCUT2D eigenvalue weighted by Gasteiger charge is 2.16. The number of hydrogen-bond donors (Lipinski definition) is 2. The summed E-state index contributed by atoms with van der Waals surface area (Å²) in [5, 5.41) is 12.2. The third kappa shape index (κ3) is 5.23. The third-order valence-electron chi connectivity index (χ3n) is 5.11. The fraction of sp³-hybridized carbons (Fsp3) is 0.304. The minimum absolute atomic E-state index is 0.0845. The van der Waals surface area contributed by atoms with Gasteiger partial charge in [0.2, 0.25) is 5.91 Å². The summed E-state index contributed by atoms with van der Waals surface area (Å²) < 4.78 is 0. The van der Waals surface area contributed by atoms with Crippen LogP contribution in [0.1, 0.15) is 34.8 Å². The van der Waals surface area contributed by atoms with Crippen molar-refractivity contribution in [3.63, 3.8) is 0 Å². The first-order valence-corrected chi connectivity index (χ1v) is 9.85. The Kier molecular flexibility index (Phi) is 6.67. The number of rotatable bonds is 6. The molecule has 2 aromatic rings. The average Bonchev–Trinajstić information content (AvgIpc) is 2.73. The van der Waals surface area contributed by atoms with E-state index in [0.717, 1.165) is 37.3 Å². The van der Waals surface area contributed by atoms with Crippen molar-refractivity contribution in [3.8, 4) is 0 Å². The molecule has 1 saturated heterocycles. The Morgan fingerprint density at radius 2 is 1.79 bits per heavy atom. The zero-order valence-corrected chi connectivity index (χ0v) is 16.9. The lowest BCUT2D eigenvalue weighted by Gasteiger charge is -2.34. The monoisotopic (exact) mass is 393 g/mol. The fourth-order valence-electron chi connectivity index (χ4n) is 3.34. The molecule has 0 saturated carbocycles. The van der Waals surface area contributed by atoms with Gasteiger partial charge in [-0.1, -0.05) is 43.3 Å². The van der Waals surface area contributed by atoms with Gasteiger partial charge in [-0.05, 0) is 36.4 Å². The predicted molar refractivity (Wildman–Crippen MR) is 117 cm³/mol. The van der Waals surface area contributed by atoms with Crippen LogP contribution in [0.2, 0.25) is 0 Å². The molecule has 0 atom stereocenters. The van der Waals surface area contributed by atoms with Crippen LogP contribution in [0.15, 0.2) is 42.5 Å². The van der Waals surface area contributed by atoms with Crippen molar-refractivity contribution in [3.05, 3.63) is 59.2 Å². The summed E-state index contributed by atoms with van der Waals surface area (Å²) in [5.41, 5.74) is 3.45. The van der Waals surface area contributed by atoms with E-state index < -0.39 is 5.97 Å². The molecule has 1 amide bonds. The van der Waals surface area contributed by atoms with Gasteiger partial charge in [0.25, 0.3) is 0 Å². The standard InChI is InChI=1S/C23H27N3O3/c1-3-22(27)24-20-11-9-17(16-19(20)23(28)29)8-10-18-6-4-5-7-21(18)26-14-12-25(2)13-15-26/h4-11,16H,3,12-15H2,1-2H3,(H,24,27)(H,28,29)/b10-8+. The van der Waals surface area contributed by atoms with E-state index >= 15 is 0 Å². The van der Waals surface area contributed by atoms with E-state index in [4.69, 9.17) is 0 Å². The van der Waals surface area contributed by atoms with Crippen LogP contribution in [0.5, 0.6) is 0 Å². The van der Waals surface area contributed by atoms with E-state index in [1.807, 2.05) is 30.4 Å². The maximum absolute atomic E-state index is 11.6. The largest absolute Gasteiger partial charge is 0.478 e. The number of carboxylic acids is 1. The van der Waals surface area contributed by atoms with Gasteiger partial charge in [-0.25, -0.2) is 4.79 Å². The Morgan fingerprint density at radius 3 is 2.48 bits per heavy atom. The molecule has 1 heterocycles. The molecule has 1 aliphatic heterocycles. The number of para-hydroxylation sites is 1. The van der Waals surface area contributed by atoms with Crippen molar-refractivity contribution in [1.82, 2.24) is 4.90 Å². The van der Waals surface area contributed by atoms with E-state index in [1.165, 1.54) is 5.69 Å². The molecule has 3 rings (SSSR count). The van der Waals surface area contributed by atoms with Gasteiger partial charge in [0.1, 0.15) is 0 Å². The minimum Gasteiger partial charge on any atom is -0.478 e. The molecule has 1 aliphatic rings. The number of carbonyl (C=O) groups excluding carboxylic acids is 1. The number of aromatic carboxylic acids is 1. The average molecular weight is 393 g/mol. The SMILES string of the molecule is CCC(=O)Nc1ccc(/C=C/c2ccccc2N2CCN(C)CC2)cc1C(=O)O. The van der Waals surface area contributed by atoms with Crippen LogP contribution in [0.3, 0.4) is 0 Å². The first kappa shape index (κ1) is 20.6. The molecule has 2 aromatic carbocycles. The van der Waals surface area contributed by atoms with Crippen LogP contribution in [0.25, 0.3) is 12.2 Å². The normalized spacial score (nSPS) is 14.9. The van der Waals surface area contributed by atoms with E-state index in [0.29, 0.717) is 12.1 Å². The third-order valence-corrected chi connectivity index (χ3v) is 5.11. The van der Waals surface area contributed by atoms with Gasteiger partial charge in [-0.3, -0.25) is 4.79 Å². The maximum atomic E-state index is 11.6. The fourth-order valence-corrected chi connectivity index (χ4v) is 3.34. The second kappa shape index (κ2) is 9.39. The van der Waals surface area contributed by atoms with Crippen LogP contribution in [-0.4, -0.2) is 55.1 Å². The Morgan fingerprint density at radius 1 is 1.07 bits per heavy atom.